The van der Waals surface area contributed by atoms with Crippen LogP contribution in [-0.2, 0) is 12.4 Å². The minimum atomic E-state index is -5.21. The van der Waals surface area contributed by atoms with E-state index in [0.717, 1.165) is 27.6 Å². The zero-order valence-corrected chi connectivity index (χ0v) is 33.1. The van der Waals surface area contributed by atoms with Gasteiger partial charge in [0.25, 0.3) is 0 Å². The van der Waals surface area contributed by atoms with Gasteiger partial charge in [0, 0.05) is 21.5 Å². The fourth-order valence-corrected chi connectivity index (χ4v) is 8.90. The molecule has 0 aliphatic carbocycles. The van der Waals surface area contributed by atoms with Gasteiger partial charge in [0.05, 0.1) is 67.8 Å². The third kappa shape index (κ3) is 6.32. The Labute approximate surface area is 360 Å². The van der Waals surface area contributed by atoms with Gasteiger partial charge in [-0.1, -0.05) is 103 Å². The number of halogens is 6. The Bertz CT molecular complexity index is 3500. The number of rotatable bonds is 5. The number of hydrogen-bond acceptors (Lipinski definition) is 3. The molecule has 0 unspecified atom stereocenters. The molecule has 2 heterocycles. The second-order valence-electron chi connectivity index (χ2n) is 15.2. The molecule has 0 spiro atoms. The second kappa shape index (κ2) is 14.8. The van der Waals surface area contributed by atoms with E-state index in [9.17, 15) is 29.0 Å². The molecule has 0 radical (unpaired) electrons. The summed E-state index contributed by atoms with van der Waals surface area (Å²) in [5.74, 6) is 0. The van der Waals surface area contributed by atoms with E-state index in [0.29, 0.717) is 61.5 Å². The van der Waals surface area contributed by atoms with Crippen LogP contribution in [0.2, 0.25) is 0 Å². The van der Waals surface area contributed by atoms with Crippen molar-refractivity contribution in [3.8, 4) is 63.0 Å². The van der Waals surface area contributed by atoms with E-state index in [1.807, 2.05) is 72.8 Å². The van der Waals surface area contributed by atoms with Crippen LogP contribution in [0, 0.1) is 34.0 Å². The normalized spacial score (nSPS) is 11.9. The highest BCUT2D eigenvalue weighted by Crippen LogP contribution is 2.45. The molecule has 8 aromatic carbocycles. The predicted octanol–water partition coefficient (Wildman–Crippen LogP) is 14.5. The van der Waals surface area contributed by atoms with Gasteiger partial charge in [-0.3, -0.25) is 0 Å². The maximum atomic E-state index is 15.1. The van der Waals surface area contributed by atoms with Crippen molar-refractivity contribution in [1.29, 1.82) is 15.8 Å². The first-order valence-corrected chi connectivity index (χ1v) is 19.8. The van der Waals surface area contributed by atoms with Crippen LogP contribution in [0.4, 0.5) is 26.3 Å². The van der Waals surface area contributed by atoms with Crippen molar-refractivity contribution in [1.82, 2.24) is 9.13 Å². The monoisotopic (exact) mass is 847 g/mol. The summed E-state index contributed by atoms with van der Waals surface area (Å²) in [6, 6.07) is 51.3. The number of benzene rings is 8. The summed E-state index contributed by atoms with van der Waals surface area (Å²) >= 11 is 0. The highest BCUT2D eigenvalue weighted by molar-refractivity contribution is 6.12. The standard InChI is InChI=1S/C53H27F6N5/c54-52(55,56)36-19-22-39(45(27-36)53(57,58)59)35-25-50(63-46-15-7-5-13-40(46)42-20-17-31(23-48(42)63)37-11-3-1-9-33(37)28-60)44(30-62)51(26-35)64-47-16-8-6-14-41(47)43-21-18-32(24-49(43)64)38-12-4-2-10-34(38)29-61/h1-27H. The number of fused-ring (bicyclic) bond motifs is 6. The van der Waals surface area contributed by atoms with Crippen LogP contribution in [0.5, 0.6) is 0 Å². The topological polar surface area (TPSA) is 81.2 Å². The van der Waals surface area contributed by atoms with E-state index in [1.54, 1.807) is 69.8 Å². The molecular formula is C53H27F6N5. The summed E-state index contributed by atoms with van der Waals surface area (Å²) in [6.07, 6.45) is -10.3. The molecule has 0 N–H and O–H groups in total. The minimum absolute atomic E-state index is 0.0557. The molecule has 306 valence electrons. The van der Waals surface area contributed by atoms with Gasteiger partial charge in [-0.25, -0.2) is 0 Å². The van der Waals surface area contributed by atoms with Crippen LogP contribution in [0.1, 0.15) is 27.8 Å². The lowest BCUT2D eigenvalue weighted by Gasteiger charge is -2.21. The first-order valence-electron chi connectivity index (χ1n) is 19.8. The van der Waals surface area contributed by atoms with Gasteiger partial charge < -0.3 is 9.13 Å². The van der Waals surface area contributed by atoms with Crippen molar-refractivity contribution >= 4 is 43.6 Å². The third-order valence-corrected chi connectivity index (χ3v) is 11.7. The molecule has 2 aromatic heterocycles. The highest BCUT2D eigenvalue weighted by Gasteiger charge is 2.39. The third-order valence-electron chi connectivity index (χ3n) is 11.7. The smallest absolute Gasteiger partial charge is 0.308 e. The summed E-state index contributed by atoms with van der Waals surface area (Å²) in [4.78, 5) is 0. The molecule has 64 heavy (non-hydrogen) atoms. The van der Waals surface area contributed by atoms with Crippen molar-refractivity contribution < 1.29 is 26.3 Å². The van der Waals surface area contributed by atoms with Gasteiger partial charge in [0.1, 0.15) is 11.6 Å². The fourth-order valence-electron chi connectivity index (χ4n) is 8.90. The Morgan fingerprint density at radius 3 is 1.28 bits per heavy atom. The summed E-state index contributed by atoms with van der Waals surface area (Å²) in [5, 5.41) is 34.4. The fraction of sp³-hybridized carbons (Fsp3) is 0.0377. The molecule has 0 aliphatic rings. The number of aromatic nitrogens is 2. The molecule has 0 saturated heterocycles. The van der Waals surface area contributed by atoms with E-state index in [1.165, 1.54) is 12.1 Å². The van der Waals surface area contributed by atoms with Gasteiger partial charge in [-0.15, -0.1) is 0 Å². The molecule has 0 bridgehead atoms. The van der Waals surface area contributed by atoms with Crippen LogP contribution in [0.25, 0.3) is 88.4 Å². The molecule has 0 amide bonds. The first-order chi connectivity index (χ1) is 30.9. The van der Waals surface area contributed by atoms with Gasteiger partial charge in [-0.05, 0) is 94.0 Å². The average molecular weight is 848 g/mol. The van der Waals surface area contributed by atoms with E-state index < -0.39 is 29.0 Å². The Morgan fingerprint density at radius 1 is 0.375 bits per heavy atom. The quantitative estimate of drug-likeness (QED) is 0.162. The molecule has 0 saturated carbocycles. The van der Waals surface area contributed by atoms with Crippen LogP contribution in [0.15, 0.2) is 164 Å². The molecule has 0 atom stereocenters. The Hall–Kier alpha value is -8.59. The zero-order valence-electron chi connectivity index (χ0n) is 33.1. The van der Waals surface area contributed by atoms with Gasteiger partial charge in [0.2, 0.25) is 0 Å². The summed E-state index contributed by atoms with van der Waals surface area (Å²) in [7, 11) is 0. The zero-order chi connectivity index (χ0) is 44.5. The molecule has 0 fully saturated rings. The van der Waals surface area contributed by atoms with Crippen molar-refractivity contribution in [3.63, 3.8) is 0 Å². The largest absolute Gasteiger partial charge is 0.417 e. The van der Waals surface area contributed by atoms with E-state index in [2.05, 4.69) is 18.2 Å². The maximum Gasteiger partial charge on any atom is 0.417 e. The van der Waals surface area contributed by atoms with Crippen LogP contribution in [0.3, 0.4) is 0 Å². The molecular weight excluding hydrogens is 821 g/mol. The maximum absolute atomic E-state index is 15.1. The SMILES string of the molecule is N#Cc1ccccc1-c1ccc2c3ccccc3n(-c3cc(-c4ccc(C(F)(F)F)cc4C(F)(F)F)cc(-n4c5ccccc5c5ccc(-c6ccccc6C#N)cc54)c3C#N)c2c1. The van der Waals surface area contributed by atoms with Crippen molar-refractivity contribution in [2.24, 2.45) is 0 Å². The van der Waals surface area contributed by atoms with E-state index in [-0.39, 0.29) is 28.6 Å². The van der Waals surface area contributed by atoms with Gasteiger partial charge in [0.15, 0.2) is 0 Å². The first kappa shape index (κ1) is 39.5. The number of nitriles is 3. The average Bonchev–Trinajstić information content (AvgIpc) is 3.82. The van der Waals surface area contributed by atoms with Gasteiger partial charge in [-0.2, -0.15) is 42.1 Å². The lowest BCUT2D eigenvalue weighted by atomic mass is 9.94. The van der Waals surface area contributed by atoms with E-state index in [4.69, 9.17) is 0 Å². The van der Waals surface area contributed by atoms with Gasteiger partial charge >= 0.3 is 12.4 Å². The van der Waals surface area contributed by atoms with Crippen LogP contribution < -0.4 is 0 Å². The molecule has 11 heteroatoms. The van der Waals surface area contributed by atoms with Crippen LogP contribution >= 0.6 is 0 Å². The summed E-state index contributed by atoms with van der Waals surface area (Å²) in [5.41, 5.74) is 2.55. The number of nitrogens with zero attached hydrogens (tertiary/aromatic N) is 5. The number of alkyl halides is 6. The Morgan fingerprint density at radius 2 is 0.828 bits per heavy atom. The summed E-state index contributed by atoms with van der Waals surface area (Å²) < 4.78 is 91.0. The second-order valence-corrected chi connectivity index (χ2v) is 15.2. The van der Waals surface area contributed by atoms with Crippen molar-refractivity contribution in [3.05, 3.63) is 192 Å². The molecule has 0 aliphatic heterocycles. The van der Waals surface area contributed by atoms with E-state index >= 15 is 13.2 Å². The molecule has 10 aromatic rings. The number of para-hydroxylation sites is 2. The molecule has 5 nitrogen and oxygen atoms in total. The minimum Gasteiger partial charge on any atom is -0.308 e. The molecule has 10 rings (SSSR count). The summed E-state index contributed by atoms with van der Waals surface area (Å²) in [6.45, 7) is 0. The Kier molecular flexibility index (Phi) is 9.14. The Balaban J connectivity index is 1.37. The lowest BCUT2D eigenvalue weighted by Crippen LogP contribution is -2.12. The number of hydrogen-bond donors (Lipinski definition) is 0. The lowest BCUT2D eigenvalue weighted by molar-refractivity contribution is -0.142. The predicted molar refractivity (Wildman–Crippen MR) is 236 cm³/mol. The highest BCUT2D eigenvalue weighted by atomic mass is 19.4. The van der Waals surface area contributed by atoms with Crippen molar-refractivity contribution in [2.75, 3.05) is 0 Å². The van der Waals surface area contributed by atoms with Crippen molar-refractivity contribution in [2.45, 2.75) is 12.4 Å². The van der Waals surface area contributed by atoms with Crippen LogP contribution in [-0.4, -0.2) is 9.13 Å².